The number of nitrogens with one attached hydrogen (secondary N) is 1. The number of hydrazine groups is 1. The highest BCUT2D eigenvalue weighted by atomic mass is 16.2. The summed E-state index contributed by atoms with van der Waals surface area (Å²) in [4.78, 5) is 10.5. The van der Waals surface area contributed by atoms with Gasteiger partial charge in [0.1, 0.15) is 0 Å². The summed E-state index contributed by atoms with van der Waals surface area (Å²) in [5, 5.41) is 3.77. The Balaban J connectivity index is 2.60. The predicted octanol–water partition coefficient (Wildman–Crippen LogP) is -1.24. The Morgan fingerprint density at radius 2 is 2.62 bits per heavy atom. The van der Waals surface area contributed by atoms with E-state index in [-0.39, 0.29) is 5.91 Å². The molecule has 4 heteroatoms. The van der Waals surface area contributed by atoms with E-state index < -0.39 is 0 Å². The largest absolute Gasteiger partial charge is 0.381 e. The fraction of sp³-hybridized carbons (Fsp3) is 0.250. The maximum atomic E-state index is 10.5. The minimum Gasteiger partial charge on any atom is -0.381 e. The summed E-state index contributed by atoms with van der Waals surface area (Å²) in [6.45, 7) is 0.299. The van der Waals surface area contributed by atoms with E-state index in [2.05, 4.69) is 5.32 Å². The summed E-state index contributed by atoms with van der Waals surface area (Å²) in [5.74, 6) is 5.02. The Kier molecular flexibility index (Phi) is 1.17. The van der Waals surface area contributed by atoms with Gasteiger partial charge in [0.05, 0.1) is 6.54 Å². The molecule has 4 nitrogen and oxygen atoms in total. The van der Waals surface area contributed by atoms with Crippen LogP contribution in [0.4, 0.5) is 0 Å². The fourth-order valence-corrected chi connectivity index (χ4v) is 0.454. The number of carbonyl (C=O) groups excluding carboxylic acids is 1. The van der Waals surface area contributed by atoms with Crippen molar-refractivity contribution in [1.29, 1.82) is 0 Å². The van der Waals surface area contributed by atoms with E-state index >= 15 is 0 Å². The van der Waals surface area contributed by atoms with Crippen LogP contribution in [0.3, 0.4) is 0 Å². The number of nitrogens with two attached hydrogens (primary N) is 1. The molecule has 0 aromatic rings. The van der Waals surface area contributed by atoms with Gasteiger partial charge in [-0.1, -0.05) is 0 Å². The number of carbonyl (C=O) groups is 1. The average Bonchev–Trinajstić information content (AvgIpc) is 1.77. The summed E-state index contributed by atoms with van der Waals surface area (Å²) in [5.41, 5.74) is 0. The minimum atomic E-state index is -0.118. The van der Waals surface area contributed by atoms with Crippen LogP contribution in [0.1, 0.15) is 0 Å². The zero-order valence-electron chi connectivity index (χ0n) is 4.29. The van der Waals surface area contributed by atoms with Gasteiger partial charge in [-0.25, -0.2) is 5.84 Å². The summed E-state index contributed by atoms with van der Waals surface area (Å²) in [6.07, 6.45) is 3.10. The van der Waals surface area contributed by atoms with Crippen LogP contribution in [0.5, 0.6) is 0 Å². The van der Waals surface area contributed by atoms with E-state index in [4.69, 9.17) is 5.84 Å². The van der Waals surface area contributed by atoms with Crippen LogP contribution < -0.4 is 11.2 Å². The Morgan fingerprint density at radius 3 is 3.00 bits per heavy atom. The maximum absolute atomic E-state index is 10.5. The molecule has 1 heterocycles. The van der Waals surface area contributed by atoms with Crippen LogP contribution in [0.25, 0.3) is 0 Å². The second-order valence-corrected chi connectivity index (χ2v) is 1.50. The number of rotatable bonds is 0. The van der Waals surface area contributed by atoms with Crippen LogP contribution in [-0.2, 0) is 4.79 Å². The van der Waals surface area contributed by atoms with E-state index in [9.17, 15) is 4.79 Å². The van der Waals surface area contributed by atoms with Crippen molar-refractivity contribution in [2.75, 3.05) is 6.54 Å². The molecule has 0 fully saturated rings. The molecule has 1 aliphatic heterocycles. The number of hydrogen-bond acceptors (Lipinski definition) is 3. The van der Waals surface area contributed by atoms with Gasteiger partial charge in [-0.05, 0) is 0 Å². The molecule has 0 bridgehead atoms. The molecule has 44 valence electrons. The predicted molar refractivity (Wildman–Crippen MR) is 28.2 cm³/mol. The van der Waals surface area contributed by atoms with Crippen LogP contribution in [0, 0.1) is 0 Å². The highest BCUT2D eigenvalue weighted by molar-refractivity contribution is 5.79. The highest BCUT2D eigenvalue weighted by Crippen LogP contribution is 1.85. The molecule has 0 aromatic carbocycles. The van der Waals surface area contributed by atoms with Gasteiger partial charge in [0.2, 0.25) is 0 Å². The second kappa shape index (κ2) is 1.83. The van der Waals surface area contributed by atoms with E-state index in [0.717, 1.165) is 5.01 Å². The van der Waals surface area contributed by atoms with E-state index in [1.165, 1.54) is 6.20 Å². The van der Waals surface area contributed by atoms with Crippen molar-refractivity contribution in [3.05, 3.63) is 12.4 Å². The molecule has 0 unspecified atom stereocenters. The molecule has 0 radical (unpaired) electrons. The van der Waals surface area contributed by atoms with E-state index in [1.54, 1.807) is 6.20 Å². The quantitative estimate of drug-likeness (QED) is 0.305. The first kappa shape index (κ1) is 5.11. The molecule has 3 N–H and O–H groups in total. The minimum absolute atomic E-state index is 0.118. The lowest BCUT2D eigenvalue weighted by molar-refractivity contribution is -0.128. The lowest BCUT2D eigenvalue weighted by atomic mass is 10.5. The molecular weight excluding hydrogens is 106 g/mol. The molecule has 1 rings (SSSR count). The second-order valence-electron chi connectivity index (χ2n) is 1.50. The molecule has 0 atom stereocenters. The molecule has 0 spiro atoms. The number of nitrogens with zero attached hydrogens (tertiary/aromatic N) is 1. The molecule has 1 aliphatic rings. The molecule has 0 saturated heterocycles. The zero-order chi connectivity index (χ0) is 5.98. The lowest BCUT2D eigenvalue weighted by Crippen LogP contribution is -2.41. The van der Waals surface area contributed by atoms with Gasteiger partial charge in [-0.15, -0.1) is 0 Å². The molecule has 0 aromatic heterocycles. The SMILES string of the molecule is NN1C=CNCC1=O. The van der Waals surface area contributed by atoms with Crippen molar-refractivity contribution < 1.29 is 4.79 Å². The zero-order valence-corrected chi connectivity index (χ0v) is 4.29. The first-order valence-corrected chi connectivity index (χ1v) is 2.27. The third-order valence-electron chi connectivity index (χ3n) is 0.894. The van der Waals surface area contributed by atoms with Crippen molar-refractivity contribution >= 4 is 5.91 Å². The van der Waals surface area contributed by atoms with Gasteiger partial charge in [0.25, 0.3) is 5.91 Å². The van der Waals surface area contributed by atoms with E-state index in [1.807, 2.05) is 0 Å². The van der Waals surface area contributed by atoms with Crippen molar-refractivity contribution in [2.45, 2.75) is 0 Å². The van der Waals surface area contributed by atoms with Crippen molar-refractivity contribution in [1.82, 2.24) is 10.3 Å². The Bertz CT molecular complexity index is 131. The first-order valence-electron chi connectivity index (χ1n) is 2.27. The third-order valence-corrected chi connectivity index (χ3v) is 0.894. The van der Waals surface area contributed by atoms with Crippen LogP contribution in [0.15, 0.2) is 12.4 Å². The Hall–Kier alpha value is -1.03. The number of hydrogen-bond donors (Lipinski definition) is 2. The summed E-state index contributed by atoms with van der Waals surface area (Å²) in [6, 6.07) is 0. The van der Waals surface area contributed by atoms with Crippen molar-refractivity contribution in [3.63, 3.8) is 0 Å². The maximum Gasteiger partial charge on any atom is 0.259 e. The number of amides is 1. The van der Waals surface area contributed by atoms with Gasteiger partial charge >= 0.3 is 0 Å². The van der Waals surface area contributed by atoms with Gasteiger partial charge in [0, 0.05) is 12.4 Å². The standard InChI is InChI=1S/C4H7N3O/c5-7-2-1-6-3-4(7)8/h1-2,6H,3,5H2. The van der Waals surface area contributed by atoms with Crippen LogP contribution >= 0.6 is 0 Å². The Labute approximate surface area is 46.9 Å². The summed E-state index contributed by atoms with van der Waals surface area (Å²) < 4.78 is 0. The molecule has 0 saturated carbocycles. The fourth-order valence-electron chi connectivity index (χ4n) is 0.454. The monoisotopic (exact) mass is 113 g/mol. The molecular formula is C4H7N3O. The van der Waals surface area contributed by atoms with Gasteiger partial charge in [-0.3, -0.25) is 9.80 Å². The van der Waals surface area contributed by atoms with Crippen LogP contribution in [-0.4, -0.2) is 17.5 Å². The smallest absolute Gasteiger partial charge is 0.259 e. The Morgan fingerprint density at radius 1 is 1.88 bits per heavy atom. The summed E-state index contributed by atoms with van der Waals surface area (Å²) in [7, 11) is 0. The van der Waals surface area contributed by atoms with E-state index in [0.29, 0.717) is 6.54 Å². The molecule has 1 amide bonds. The van der Waals surface area contributed by atoms with Crippen molar-refractivity contribution in [3.8, 4) is 0 Å². The highest BCUT2D eigenvalue weighted by Gasteiger charge is 2.07. The van der Waals surface area contributed by atoms with Crippen molar-refractivity contribution in [2.24, 2.45) is 5.84 Å². The average molecular weight is 113 g/mol. The van der Waals surface area contributed by atoms with Crippen LogP contribution in [0.2, 0.25) is 0 Å². The molecule has 0 aliphatic carbocycles. The molecule has 8 heavy (non-hydrogen) atoms. The van der Waals surface area contributed by atoms with Gasteiger partial charge in [-0.2, -0.15) is 0 Å². The van der Waals surface area contributed by atoms with Gasteiger partial charge < -0.3 is 5.32 Å². The topological polar surface area (TPSA) is 58.4 Å². The lowest BCUT2D eigenvalue weighted by Gasteiger charge is -2.15. The van der Waals surface area contributed by atoms with Gasteiger partial charge in [0.15, 0.2) is 0 Å². The third kappa shape index (κ3) is 0.788. The summed E-state index contributed by atoms with van der Waals surface area (Å²) >= 11 is 0. The first-order chi connectivity index (χ1) is 3.80. The normalized spacial score (nSPS) is 18.6.